The van der Waals surface area contributed by atoms with E-state index in [0.29, 0.717) is 0 Å². The van der Waals surface area contributed by atoms with Gasteiger partial charge in [-0.05, 0) is 12.3 Å². The van der Waals surface area contributed by atoms with Crippen LogP contribution >= 0.6 is 0 Å². The zero-order valence-electron chi connectivity index (χ0n) is 7.81. The van der Waals surface area contributed by atoms with E-state index in [-0.39, 0.29) is 0 Å². The van der Waals surface area contributed by atoms with Crippen molar-refractivity contribution in [2.75, 3.05) is 0 Å². The van der Waals surface area contributed by atoms with E-state index in [9.17, 15) is 4.79 Å². The molecular weight excluding hydrogens is 136 g/mol. The molecule has 0 aromatic heterocycles. The van der Waals surface area contributed by atoms with Gasteiger partial charge in [0.25, 0.3) is 0 Å². The van der Waals surface area contributed by atoms with E-state index in [0.717, 1.165) is 25.0 Å². The van der Waals surface area contributed by atoms with Crippen molar-refractivity contribution in [3.8, 4) is 0 Å². The van der Waals surface area contributed by atoms with Crippen molar-refractivity contribution >= 4 is 6.29 Å². The van der Waals surface area contributed by atoms with Crippen molar-refractivity contribution in [2.24, 2.45) is 5.92 Å². The lowest BCUT2D eigenvalue weighted by atomic mass is 9.95. The molecule has 0 radical (unpaired) electrons. The molecule has 0 saturated carbocycles. The van der Waals surface area contributed by atoms with Crippen LogP contribution in [0.1, 0.15) is 52.4 Å². The second-order valence-electron chi connectivity index (χ2n) is 3.16. The molecular formula is C10H20O. The minimum Gasteiger partial charge on any atom is -0.303 e. The van der Waals surface area contributed by atoms with Crippen molar-refractivity contribution in [3.63, 3.8) is 0 Å². The predicted molar refractivity (Wildman–Crippen MR) is 48.6 cm³/mol. The summed E-state index contributed by atoms with van der Waals surface area (Å²) in [6.45, 7) is 4.46. The van der Waals surface area contributed by atoms with Crippen LogP contribution in [0.15, 0.2) is 0 Å². The normalized spacial score (nSPS) is 12.9. The van der Waals surface area contributed by atoms with Crippen molar-refractivity contribution in [2.45, 2.75) is 52.4 Å². The molecule has 1 unspecified atom stereocenters. The van der Waals surface area contributed by atoms with E-state index >= 15 is 0 Å². The Morgan fingerprint density at radius 3 is 2.45 bits per heavy atom. The molecule has 66 valence electrons. The third-order valence-corrected chi connectivity index (χ3v) is 2.21. The Bertz CT molecular complexity index is 88.9. The average molecular weight is 156 g/mol. The number of carbonyl (C=O) groups is 1. The minimum atomic E-state index is 0.750. The highest BCUT2D eigenvalue weighted by molar-refractivity contribution is 5.48. The van der Waals surface area contributed by atoms with Crippen molar-refractivity contribution in [1.29, 1.82) is 0 Å². The summed E-state index contributed by atoms with van der Waals surface area (Å²) in [6.07, 6.45) is 7.98. The first-order chi connectivity index (χ1) is 5.35. The summed E-state index contributed by atoms with van der Waals surface area (Å²) in [5.41, 5.74) is 0. The lowest BCUT2D eigenvalue weighted by Gasteiger charge is -2.11. The summed E-state index contributed by atoms with van der Waals surface area (Å²) in [7, 11) is 0. The molecule has 0 aromatic carbocycles. The van der Waals surface area contributed by atoms with Crippen LogP contribution in [0, 0.1) is 5.92 Å². The lowest BCUT2D eigenvalue weighted by Crippen LogP contribution is -1.97. The molecule has 11 heavy (non-hydrogen) atoms. The van der Waals surface area contributed by atoms with Crippen LogP contribution in [0.3, 0.4) is 0 Å². The predicted octanol–water partition coefficient (Wildman–Crippen LogP) is 3.18. The SMILES string of the molecule is CCCC(CC)CCCC=O. The Morgan fingerprint density at radius 2 is 2.00 bits per heavy atom. The molecule has 0 aromatic rings. The zero-order chi connectivity index (χ0) is 8.53. The summed E-state index contributed by atoms with van der Waals surface area (Å²) in [4.78, 5) is 10.0. The highest BCUT2D eigenvalue weighted by Gasteiger charge is 2.03. The van der Waals surface area contributed by atoms with Gasteiger partial charge in [-0.25, -0.2) is 0 Å². The Balaban J connectivity index is 3.27. The number of hydrogen-bond acceptors (Lipinski definition) is 1. The third kappa shape index (κ3) is 6.08. The molecule has 1 nitrogen and oxygen atoms in total. The Kier molecular flexibility index (Phi) is 7.54. The molecule has 0 amide bonds. The summed E-state index contributed by atoms with van der Waals surface area (Å²) >= 11 is 0. The number of hydrogen-bond donors (Lipinski definition) is 0. The smallest absolute Gasteiger partial charge is 0.119 e. The molecule has 0 spiro atoms. The molecule has 0 bridgehead atoms. The van der Waals surface area contributed by atoms with Gasteiger partial charge in [0.2, 0.25) is 0 Å². The molecule has 0 heterocycles. The van der Waals surface area contributed by atoms with Gasteiger partial charge in [0.1, 0.15) is 6.29 Å². The fourth-order valence-corrected chi connectivity index (χ4v) is 1.45. The molecule has 1 atom stereocenters. The fourth-order valence-electron chi connectivity index (χ4n) is 1.45. The first kappa shape index (κ1) is 10.7. The van der Waals surface area contributed by atoms with Crippen LogP contribution in [0.2, 0.25) is 0 Å². The highest BCUT2D eigenvalue weighted by atomic mass is 16.1. The second-order valence-corrected chi connectivity index (χ2v) is 3.16. The first-order valence-corrected chi connectivity index (χ1v) is 4.78. The molecule has 0 N–H and O–H groups in total. The monoisotopic (exact) mass is 156 g/mol. The third-order valence-electron chi connectivity index (χ3n) is 2.21. The summed E-state index contributed by atoms with van der Waals surface area (Å²) in [5.74, 6) is 0.861. The maximum Gasteiger partial charge on any atom is 0.119 e. The van der Waals surface area contributed by atoms with Gasteiger partial charge in [-0.3, -0.25) is 0 Å². The fraction of sp³-hybridized carbons (Fsp3) is 0.900. The van der Waals surface area contributed by atoms with Gasteiger partial charge in [-0.1, -0.05) is 39.5 Å². The minimum absolute atomic E-state index is 0.750. The molecule has 0 aliphatic rings. The summed E-state index contributed by atoms with van der Waals surface area (Å²) in [5, 5.41) is 0. The van der Waals surface area contributed by atoms with E-state index in [1.165, 1.54) is 25.7 Å². The van der Waals surface area contributed by atoms with E-state index in [1.807, 2.05) is 0 Å². The average Bonchev–Trinajstić information content (AvgIpc) is 2.03. The van der Waals surface area contributed by atoms with Crippen LogP contribution in [0.5, 0.6) is 0 Å². The first-order valence-electron chi connectivity index (χ1n) is 4.78. The van der Waals surface area contributed by atoms with Crippen molar-refractivity contribution in [1.82, 2.24) is 0 Å². The van der Waals surface area contributed by atoms with Gasteiger partial charge in [0.05, 0.1) is 0 Å². The Labute approximate surface area is 70.2 Å². The number of carbonyl (C=O) groups excluding carboxylic acids is 1. The van der Waals surface area contributed by atoms with Gasteiger partial charge in [0.15, 0.2) is 0 Å². The standard InChI is InChI=1S/C10H20O/c1-3-7-10(4-2)8-5-6-9-11/h9-10H,3-8H2,1-2H3. The van der Waals surface area contributed by atoms with E-state index in [1.54, 1.807) is 0 Å². The lowest BCUT2D eigenvalue weighted by molar-refractivity contribution is -0.108. The Hall–Kier alpha value is -0.330. The van der Waals surface area contributed by atoms with Gasteiger partial charge in [-0.2, -0.15) is 0 Å². The number of aldehydes is 1. The second kappa shape index (κ2) is 7.77. The maximum absolute atomic E-state index is 10.0. The molecule has 1 heteroatoms. The van der Waals surface area contributed by atoms with Crippen LogP contribution < -0.4 is 0 Å². The van der Waals surface area contributed by atoms with Gasteiger partial charge < -0.3 is 4.79 Å². The van der Waals surface area contributed by atoms with Crippen molar-refractivity contribution < 1.29 is 4.79 Å². The van der Waals surface area contributed by atoms with Crippen LogP contribution in [-0.2, 0) is 4.79 Å². The highest BCUT2D eigenvalue weighted by Crippen LogP contribution is 2.17. The molecule has 0 rings (SSSR count). The van der Waals surface area contributed by atoms with Crippen LogP contribution in [-0.4, -0.2) is 6.29 Å². The number of unbranched alkanes of at least 4 members (excludes halogenated alkanes) is 1. The van der Waals surface area contributed by atoms with Gasteiger partial charge in [-0.15, -0.1) is 0 Å². The van der Waals surface area contributed by atoms with E-state index in [2.05, 4.69) is 13.8 Å². The summed E-state index contributed by atoms with van der Waals surface area (Å²) in [6, 6.07) is 0. The topological polar surface area (TPSA) is 17.1 Å². The Morgan fingerprint density at radius 1 is 1.27 bits per heavy atom. The molecule has 0 aliphatic carbocycles. The largest absolute Gasteiger partial charge is 0.303 e. The van der Waals surface area contributed by atoms with Crippen LogP contribution in [0.25, 0.3) is 0 Å². The molecule has 0 saturated heterocycles. The number of rotatable bonds is 7. The maximum atomic E-state index is 10.0. The van der Waals surface area contributed by atoms with Gasteiger partial charge >= 0.3 is 0 Å². The quantitative estimate of drug-likeness (QED) is 0.408. The van der Waals surface area contributed by atoms with Crippen molar-refractivity contribution in [3.05, 3.63) is 0 Å². The van der Waals surface area contributed by atoms with E-state index < -0.39 is 0 Å². The van der Waals surface area contributed by atoms with E-state index in [4.69, 9.17) is 0 Å². The van der Waals surface area contributed by atoms with Gasteiger partial charge in [0, 0.05) is 6.42 Å². The van der Waals surface area contributed by atoms with Crippen LogP contribution in [0.4, 0.5) is 0 Å². The zero-order valence-corrected chi connectivity index (χ0v) is 7.81. The summed E-state index contributed by atoms with van der Waals surface area (Å²) < 4.78 is 0. The molecule has 0 fully saturated rings. The molecule has 0 aliphatic heterocycles.